The minimum absolute atomic E-state index is 0.195. The third kappa shape index (κ3) is 4.88. The lowest BCUT2D eigenvalue weighted by molar-refractivity contribution is 0.102. The Morgan fingerprint density at radius 3 is 2.34 bits per heavy atom. The highest BCUT2D eigenvalue weighted by Crippen LogP contribution is 2.21. The molecule has 3 aromatic rings. The van der Waals surface area contributed by atoms with Crippen LogP contribution in [0.25, 0.3) is 10.9 Å². The van der Waals surface area contributed by atoms with E-state index in [2.05, 4.69) is 20.5 Å². The molecule has 0 aliphatic carbocycles. The van der Waals surface area contributed by atoms with Gasteiger partial charge in [0.1, 0.15) is 11.5 Å². The normalized spacial score (nSPS) is 12.9. The standard InChI is InChI=1S/C20H21N5O3S/c1-12(24-25-13(2)21)14-4-7-16(8-5-14)22-20(26)19-10-15-6-9-17(29(3,27)28)11-18(15)23-19/h4-11,23H,1-3H3,(H2,21,25)(H,22,26)/b24-12-. The fourth-order valence-electron chi connectivity index (χ4n) is 2.66. The van der Waals surface area contributed by atoms with Crippen molar-refractivity contribution in [2.75, 3.05) is 11.6 Å². The van der Waals surface area contributed by atoms with E-state index in [4.69, 9.17) is 5.73 Å². The van der Waals surface area contributed by atoms with Gasteiger partial charge in [-0.05, 0) is 49.7 Å². The van der Waals surface area contributed by atoms with Gasteiger partial charge in [0, 0.05) is 22.8 Å². The van der Waals surface area contributed by atoms with E-state index in [0.29, 0.717) is 28.4 Å². The van der Waals surface area contributed by atoms with Crippen LogP contribution in [-0.4, -0.2) is 37.1 Å². The average Bonchev–Trinajstić information content (AvgIpc) is 3.09. The Kier molecular flexibility index (Phi) is 5.51. The number of nitrogens with zero attached hydrogens (tertiary/aromatic N) is 2. The SMILES string of the molecule is CC(N)=N/N=C(/C)c1ccc(NC(=O)c2cc3ccc(S(C)(=O)=O)cc3[nH]2)cc1. The molecule has 9 heteroatoms. The van der Waals surface area contributed by atoms with Gasteiger partial charge in [-0.3, -0.25) is 4.79 Å². The van der Waals surface area contributed by atoms with Crippen LogP contribution in [0.3, 0.4) is 0 Å². The number of nitrogens with one attached hydrogen (secondary N) is 2. The minimum Gasteiger partial charge on any atom is -0.386 e. The van der Waals surface area contributed by atoms with E-state index in [1.54, 1.807) is 31.2 Å². The van der Waals surface area contributed by atoms with Crippen LogP contribution < -0.4 is 11.1 Å². The number of rotatable bonds is 5. The van der Waals surface area contributed by atoms with Gasteiger partial charge >= 0.3 is 0 Å². The Bertz CT molecular complexity index is 1230. The Morgan fingerprint density at radius 1 is 1.03 bits per heavy atom. The molecule has 0 aliphatic rings. The number of aromatic nitrogens is 1. The molecule has 0 saturated carbocycles. The second-order valence-corrected chi connectivity index (χ2v) is 8.68. The van der Waals surface area contributed by atoms with E-state index >= 15 is 0 Å². The smallest absolute Gasteiger partial charge is 0.272 e. The number of nitrogens with two attached hydrogens (primary N) is 1. The first-order valence-corrected chi connectivity index (χ1v) is 10.6. The zero-order chi connectivity index (χ0) is 21.2. The van der Waals surface area contributed by atoms with Crippen molar-refractivity contribution in [3.8, 4) is 0 Å². The molecule has 8 nitrogen and oxygen atoms in total. The van der Waals surface area contributed by atoms with Gasteiger partial charge in [0.05, 0.1) is 10.6 Å². The number of hydrogen-bond acceptors (Lipinski definition) is 5. The van der Waals surface area contributed by atoms with E-state index in [0.717, 1.165) is 17.2 Å². The van der Waals surface area contributed by atoms with Crippen molar-refractivity contribution in [3.05, 3.63) is 59.8 Å². The maximum Gasteiger partial charge on any atom is 0.272 e. The molecule has 0 radical (unpaired) electrons. The van der Waals surface area contributed by atoms with Crippen molar-refractivity contribution in [1.82, 2.24) is 4.98 Å². The fourth-order valence-corrected chi connectivity index (χ4v) is 3.31. The number of sulfone groups is 1. The van der Waals surface area contributed by atoms with Crippen LogP contribution in [0, 0.1) is 0 Å². The van der Waals surface area contributed by atoms with Crippen LogP contribution in [0.1, 0.15) is 29.9 Å². The number of benzene rings is 2. The summed E-state index contributed by atoms with van der Waals surface area (Å²) in [6.07, 6.45) is 1.14. The number of hydrogen-bond donors (Lipinski definition) is 3. The number of fused-ring (bicyclic) bond motifs is 1. The van der Waals surface area contributed by atoms with Crippen LogP contribution in [-0.2, 0) is 9.84 Å². The number of amidine groups is 1. The Balaban J connectivity index is 1.78. The quantitative estimate of drug-likeness (QED) is 0.338. The summed E-state index contributed by atoms with van der Waals surface area (Å²) in [6.45, 7) is 3.47. The Hall–Kier alpha value is -3.46. The highest BCUT2D eigenvalue weighted by atomic mass is 32.2. The first-order chi connectivity index (χ1) is 13.6. The second-order valence-electron chi connectivity index (χ2n) is 6.66. The predicted octanol–water partition coefficient (Wildman–Crippen LogP) is 2.92. The molecular weight excluding hydrogens is 390 g/mol. The lowest BCUT2D eigenvalue weighted by Crippen LogP contribution is -2.12. The molecule has 0 atom stereocenters. The number of amides is 1. The monoisotopic (exact) mass is 411 g/mol. The largest absolute Gasteiger partial charge is 0.386 e. The fraction of sp³-hybridized carbons (Fsp3) is 0.150. The van der Waals surface area contributed by atoms with Crippen molar-refractivity contribution in [1.29, 1.82) is 0 Å². The molecule has 150 valence electrons. The van der Waals surface area contributed by atoms with Gasteiger partial charge in [0.15, 0.2) is 9.84 Å². The lowest BCUT2D eigenvalue weighted by Gasteiger charge is -2.05. The first-order valence-electron chi connectivity index (χ1n) is 8.72. The van der Waals surface area contributed by atoms with Crippen LogP contribution in [0.2, 0.25) is 0 Å². The summed E-state index contributed by atoms with van der Waals surface area (Å²) in [4.78, 5) is 15.7. The molecule has 0 spiro atoms. The molecular formula is C20H21N5O3S. The Labute approximate surface area is 168 Å². The van der Waals surface area contributed by atoms with Gasteiger partial charge in [-0.2, -0.15) is 5.10 Å². The third-order valence-electron chi connectivity index (χ3n) is 4.18. The number of carbonyl (C=O) groups is 1. The molecule has 1 aromatic heterocycles. The molecule has 1 amide bonds. The molecule has 3 rings (SSSR count). The van der Waals surface area contributed by atoms with Crippen molar-refractivity contribution < 1.29 is 13.2 Å². The average molecular weight is 411 g/mol. The van der Waals surface area contributed by atoms with Gasteiger partial charge in [-0.25, -0.2) is 8.42 Å². The number of aromatic amines is 1. The molecule has 0 aliphatic heterocycles. The zero-order valence-corrected chi connectivity index (χ0v) is 17.0. The summed E-state index contributed by atoms with van der Waals surface area (Å²) in [6, 6.07) is 13.5. The second kappa shape index (κ2) is 7.88. The predicted molar refractivity (Wildman–Crippen MR) is 115 cm³/mol. The molecule has 1 heterocycles. The maximum absolute atomic E-state index is 12.5. The van der Waals surface area contributed by atoms with E-state index in [9.17, 15) is 13.2 Å². The van der Waals surface area contributed by atoms with E-state index in [-0.39, 0.29) is 10.8 Å². The van der Waals surface area contributed by atoms with E-state index in [1.807, 2.05) is 19.1 Å². The van der Waals surface area contributed by atoms with Gasteiger partial charge in [-0.1, -0.05) is 18.2 Å². The van der Waals surface area contributed by atoms with Crippen LogP contribution in [0.5, 0.6) is 0 Å². The van der Waals surface area contributed by atoms with Gasteiger partial charge < -0.3 is 16.0 Å². The lowest BCUT2D eigenvalue weighted by atomic mass is 10.1. The molecule has 0 bridgehead atoms. The first kappa shape index (κ1) is 20.3. The van der Waals surface area contributed by atoms with Crippen LogP contribution >= 0.6 is 0 Å². The summed E-state index contributed by atoms with van der Waals surface area (Å²) in [5, 5.41) is 11.4. The topological polar surface area (TPSA) is 130 Å². The number of carbonyl (C=O) groups excluding carboxylic acids is 1. The van der Waals surface area contributed by atoms with Crippen LogP contribution in [0.4, 0.5) is 5.69 Å². The molecule has 4 N–H and O–H groups in total. The highest BCUT2D eigenvalue weighted by Gasteiger charge is 2.13. The van der Waals surface area contributed by atoms with Crippen molar-refractivity contribution in [3.63, 3.8) is 0 Å². The summed E-state index contributed by atoms with van der Waals surface area (Å²) in [5.41, 5.74) is 8.55. The Morgan fingerprint density at radius 2 is 1.72 bits per heavy atom. The molecule has 0 unspecified atom stereocenters. The van der Waals surface area contributed by atoms with Gasteiger partial charge in [0.25, 0.3) is 5.91 Å². The summed E-state index contributed by atoms with van der Waals surface area (Å²) >= 11 is 0. The zero-order valence-electron chi connectivity index (χ0n) is 16.2. The van der Waals surface area contributed by atoms with Crippen molar-refractivity contribution in [2.45, 2.75) is 18.7 Å². The van der Waals surface area contributed by atoms with Gasteiger partial charge in [0.2, 0.25) is 0 Å². The summed E-state index contributed by atoms with van der Waals surface area (Å²) < 4.78 is 23.4. The maximum atomic E-state index is 12.5. The molecule has 0 saturated heterocycles. The van der Waals surface area contributed by atoms with E-state index in [1.165, 1.54) is 12.1 Å². The number of anilines is 1. The van der Waals surface area contributed by atoms with Crippen molar-refractivity contribution >= 4 is 43.9 Å². The summed E-state index contributed by atoms with van der Waals surface area (Å²) in [5.74, 6) is 0.0406. The summed E-state index contributed by atoms with van der Waals surface area (Å²) in [7, 11) is -3.32. The molecule has 0 fully saturated rings. The van der Waals surface area contributed by atoms with E-state index < -0.39 is 9.84 Å². The number of H-pyrrole nitrogens is 1. The van der Waals surface area contributed by atoms with Crippen LogP contribution in [0.15, 0.2) is 63.6 Å². The highest BCUT2D eigenvalue weighted by molar-refractivity contribution is 7.90. The van der Waals surface area contributed by atoms with Crippen molar-refractivity contribution in [2.24, 2.45) is 15.9 Å². The minimum atomic E-state index is -3.32. The molecule has 2 aromatic carbocycles. The third-order valence-corrected chi connectivity index (χ3v) is 5.30. The molecule has 29 heavy (non-hydrogen) atoms. The van der Waals surface area contributed by atoms with Gasteiger partial charge in [-0.15, -0.1) is 5.10 Å².